The predicted octanol–water partition coefficient (Wildman–Crippen LogP) is 3.88. The van der Waals surface area contributed by atoms with E-state index in [1.807, 2.05) is 42.5 Å². The molecule has 0 aliphatic carbocycles. The van der Waals surface area contributed by atoms with Crippen molar-refractivity contribution in [3.8, 4) is 0 Å². The number of hydrogen-bond donors (Lipinski definition) is 2. The lowest BCUT2D eigenvalue weighted by atomic mass is 9.82. The quantitative estimate of drug-likeness (QED) is 0.719. The molecule has 128 valence electrons. The molecular formula is C18H13Br2NO4. The van der Waals surface area contributed by atoms with E-state index in [-0.39, 0.29) is 5.91 Å². The number of ether oxygens (including phenoxy) is 1. The monoisotopic (exact) mass is 465 g/mol. The Labute approximate surface area is 160 Å². The van der Waals surface area contributed by atoms with Crippen molar-refractivity contribution in [2.75, 3.05) is 5.32 Å². The van der Waals surface area contributed by atoms with Gasteiger partial charge in [-0.1, -0.05) is 68.3 Å². The highest BCUT2D eigenvalue weighted by Gasteiger charge is 2.58. The van der Waals surface area contributed by atoms with Crippen LogP contribution in [0.3, 0.4) is 0 Å². The average molecular weight is 467 g/mol. The molecule has 4 rings (SSSR count). The topological polar surface area (TPSA) is 75.6 Å². The van der Waals surface area contributed by atoms with Gasteiger partial charge < -0.3 is 15.2 Å². The van der Waals surface area contributed by atoms with Crippen molar-refractivity contribution in [1.29, 1.82) is 0 Å². The molecule has 1 saturated heterocycles. The number of hydrogen-bond acceptors (Lipinski definition) is 3. The molecule has 0 radical (unpaired) electrons. The summed E-state index contributed by atoms with van der Waals surface area (Å²) in [5, 5.41) is 14.4. The maximum Gasteiger partial charge on any atom is 0.310 e. The van der Waals surface area contributed by atoms with Crippen LogP contribution in [-0.4, -0.2) is 29.2 Å². The Balaban J connectivity index is 1.68. The fourth-order valence-electron chi connectivity index (χ4n) is 3.54. The molecule has 0 saturated carbocycles. The number of rotatable bonds is 3. The first kappa shape index (κ1) is 16.8. The first-order chi connectivity index (χ1) is 12.0. The number of amides is 1. The highest BCUT2D eigenvalue weighted by atomic mass is 79.9. The van der Waals surface area contributed by atoms with Crippen LogP contribution in [0.1, 0.15) is 0 Å². The molecule has 1 amide bonds. The van der Waals surface area contributed by atoms with Crippen molar-refractivity contribution in [2.45, 2.75) is 12.2 Å². The molecule has 1 fully saturated rings. The predicted molar refractivity (Wildman–Crippen MR) is 101 cm³/mol. The summed E-state index contributed by atoms with van der Waals surface area (Å²) in [6.45, 7) is 0. The molecule has 7 heteroatoms. The van der Waals surface area contributed by atoms with E-state index < -0.39 is 30.0 Å². The Kier molecular flexibility index (Phi) is 4.17. The van der Waals surface area contributed by atoms with Crippen LogP contribution in [0.25, 0.3) is 10.8 Å². The number of carbonyl (C=O) groups is 2. The summed E-state index contributed by atoms with van der Waals surface area (Å²) in [6, 6.07) is 13.3. The number of anilines is 1. The second kappa shape index (κ2) is 6.23. The third kappa shape index (κ3) is 2.61. The zero-order chi connectivity index (χ0) is 17.7. The first-order valence-corrected chi connectivity index (χ1v) is 9.29. The van der Waals surface area contributed by atoms with Crippen LogP contribution in [0.5, 0.6) is 0 Å². The first-order valence-electron chi connectivity index (χ1n) is 7.71. The van der Waals surface area contributed by atoms with Gasteiger partial charge in [-0.2, -0.15) is 0 Å². The van der Waals surface area contributed by atoms with Gasteiger partial charge >= 0.3 is 5.97 Å². The standard InChI is InChI=1S/C18H13Br2NO4/c19-13-14(20)16-12(18(23)24)11(15(13)25-16)17(22)21-10-7-3-5-8-4-1-2-6-9(8)10/h1-7,11-12,15-16H,(H,21,22)(H,23,24)/t11-,12+,15-,16-/m1/s1. The summed E-state index contributed by atoms with van der Waals surface area (Å²) in [6.07, 6.45) is -1.23. The van der Waals surface area contributed by atoms with E-state index >= 15 is 0 Å². The summed E-state index contributed by atoms with van der Waals surface area (Å²) in [5.74, 6) is -3.11. The van der Waals surface area contributed by atoms with Crippen LogP contribution in [0.15, 0.2) is 51.4 Å². The van der Waals surface area contributed by atoms with Gasteiger partial charge in [-0.3, -0.25) is 9.59 Å². The fourth-order valence-corrected chi connectivity index (χ4v) is 4.78. The van der Waals surface area contributed by atoms with Crippen LogP contribution in [0, 0.1) is 11.8 Å². The molecule has 25 heavy (non-hydrogen) atoms. The van der Waals surface area contributed by atoms with Crippen molar-refractivity contribution >= 4 is 60.2 Å². The van der Waals surface area contributed by atoms with Crippen molar-refractivity contribution in [3.05, 3.63) is 51.4 Å². The van der Waals surface area contributed by atoms with Crippen LogP contribution in [0.2, 0.25) is 0 Å². The minimum absolute atomic E-state index is 0.354. The normalized spacial score (nSPS) is 27.8. The molecule has 2 heterocycles. The Morgan fingerprint density at radius 2 is 1.60 bits per heavy atom. The summed E-state index contributed by atoms with van der Waals surface area (Å²) < 4.78 is 7.09. The van der Waals surface area contributed by atoms with E-state index in [0.29, 0.717) is 14.7 Å². The number of benzene rings is 2. The fraction of sp³-hybridized carbons (Fsp3) is 0.222. The van der Waals surface area contributed by atoms with E-state index in [4.69, 9.17) is 4.74 Å². The van der Waals surface area contributed by atoms with Crippen molar-refractivity contribution in [2.24, 2.45) is 11.8 Å². The second-order valence-electron chi connectivity index (χ2n) is 6.08. The van der Waals surface area contributed by atoms with Crippen LogP contribution in [0.4, 0.5) is 5.69 Å². The van der Waals surface area contributed by atoms with Crippen molar-refractivity contribution in [3.63, 3.8) is 0 Å². The average Bonchev–Trinajstić information content (AvgIpc) is 3.12. The van der Waals surface area contributed by atoms with Gasteiger partial charge in [0.15, 0.2) is 0 Å². The number of halogens is 2. The Morgan fingerprint density at radius 1 is 0.960 bits per heavy atom. The molecule has 2 bridgehead atoms. The minimum atomic E-state index is -1.04. The van der Waals surface area contributed by atoms with Gasteiger partial charge in [0, 0.05) is 20.0 Å². The molecular weight excluding hydrogens is 454 g/mol. The highest BCUT2D eigenvalue weighted by molar-refractivity contribution is 9.14. The molecule has 0 spiro atoms. The van der Waals surface area contributed by atoms with Crippen LogP contribution in [-0.2, 0) is 14.3 Å². The number of carbonyl (C=O) groups excluding carboxylic acids is 1. The lowest BCUT2D eigenvalue weighted by Crippen LogP contribution is -2.41. The summed E-state index contributed by atoms with van der Waals surface area (Å²) in [4.78, 5) is 24.6. The molecule has 2 aromatic rings. The van der Waals surface area contributed by atoms with Crippen molar-refractivity contribution in [1.82, 2.24) is 0 Å². The molecule has 2 aliphatic heterocycles. The van der Waals surface area contributed by atoms with Crippen molar-refractivity contribution < 1.29 is 19.4 Å². The van der Waals surface area contributed by atoms with Gasteiger partial charge in [-0.25, -0.2) is 0 Å². The van der Waals surface area contributed by atoms with Gasteiger partial charge in [0.1, 0.15) is 18.1 Å². The molecule has 2 N–H and O–H groups in total. The van der Waals surface area contributed by atoms with Gasteiger partial charge in [0.2, 0.25) is 5.91 Å². The van der Waals surface area contributed by atoms with E-state index in [1.165, 1.54) is 0 Å². The Hall–Kier alpha value is -1.70. The second-order valence-corrected chi connectivity index (χ2v) is 7.79. The van der Waals surface area contributed by atoms with E-state index in [2.05, 4.69) is 37.2 Å². The lowest BCUT2D eigenvalue weighted by Gasteiger charge is -2.24. The lowest BCUT2D eigenvalue weighted by molar-refractivity contribution is -0.146. The third-order valence-electron chi connectivity index (χ3n) is 4.70. The Bertz CT molecular complexity index is 921. The zero-order valence-electron chi connectivity index (χ0n) is 12.8. The Morgan fingerprint density at radius 3 is 2.32 bits per heavy atom. The number of fused-ring (bicyclic) bond motifs is 3. The molecule has 2 aromatic carbocycles. The van der Waals surface area contributed by atoms with Crippen LogP contribution >= 0.6 is 31.9 Å². The number of nitrogens with one attached hydrogen (secondary N) is 1. The maximum atomic E-state index is 12.9. The van der Waals surface area contributed by atoms with E-state index in [1.54, 1.807) is 0 Å². The summed E-state index contributed by atoms with van der Waals surface area (Å²) in [5.41, 5.74) is 0.661. The highest BCUT2D eigenvalue weighted by Crippen LogP contribution is 2.51. The number of aliphatic carboxylic acids is 1. The SMILES string of the molecule is O=C(Nc1cccc2ccccc12)[C@@H]1[C@H](C(=O)O)[C@H]2O[C@H]1C(Br)=C2Br. The summed E-state index contributed by atoms with van der Waals surface area (Å²) in [7, 11) is 0. The smallest absolute Gasteiger partial charge is 0.310 e. The molecule has 4 atom stereocenters. The van der Waals surface area contributed by atoms with Gasteiger partial charge in [0.25, 0.3) is 0 Å². The number of carboxylic acids is 1. The molecule has 0 aromatic heterocycles. The largest absolute Gasteiger partial charge is 0.481 e. The minimum Gasteiger partial charge on any atom is -0.481 e. The van der Waals surface area contributed by atoms with E-state index in [0.717, 1.165) is 10.8 Å². The van der Waals surface area contributed by atoms with E-state index in [9.17, 15) is 14.7 Å². The van der Waals surface area contributed by atoms with Gasteiger partial charge in [-0.15, -0.1) is 0 Å². The third-order valence-corrected chi connectivity index (χ3v) is 6.98. The molecule has 2 aliphatic rings. The maximum absolute atomic E-state index is 12.9. The van der Waals surface area contributed by atoms with Crippen LogP contribution < -0.4 is 5.32 Å². The summed E-state index contributed by atoms with van der Waals surface area (Å²) >= 11 is 6.76. The zero-order valence-corrected chi connectivity index (χ0v) is 16.0. The molecule has 5 nitrogen and oxygen atoms in total. The number of carboxylic acid groups (broad SMARTS) is 1. The van der Waals surface area contributed by atoms with Gasteiger partial charge in [0.05, 0.1) is 5.92 Å². The van der Waals surface area contributed by atoms with Gasteiger partial charge in [-0.05, 0) is 11.5 Å². The molecule has 0 unspecified atom stereocenters.